The van der Waals surface area contributed by atoms with Crippen molar-refractivity contribution in [3.8, 4) is 0 Å². The van der Waals surface area contributed by atoms with Gasteiger partial charge in [-0.15, -0.1) is 11.3 Å². The summed E-state index contributed by atoms with van der Waals surface area (Å²) in [5.74, 6) is -0.506. The second kappa shape index (κ2) is 12.6. The van der Waals surface area contributed by atoms with E-state index in [-0.39, 0.29) is 16.7 Å². The molecule has 0 unspecified atom stereocenters. The monoisotopic (exact) mass is 574 g/mol. The van der Waals surface area contributed by atoms with Crippen molar-refractivity contribution < 1.29 is 22.8 Å². The molecule has 1 N–H and O–H groups in total. The van der Waals surface area contributed by atoms with Gasteiger partial charge in [0.1, 0.15) is 5.00 Å². The number of hydrogen-bond acceptors (Lipinski definition) is 6. The molecule has 1 aromatic heterocycles. The highest BCUT2D eigenvalue weighted by Gasteiger charge is 2.32. The van der Waals surface area contributed by atoms with E-state index in [9.17, 15) is 22.8 Å². The van der Waals surface area contributed by atoms with Crippen LogP contribution in [0.3, 0.4) is 0 Å². The average Bonchev–Trinajstić information content (AvgIpc) is 3.30. The number of rotatable bonds is 9. The Labute approximate surface area is 235 Å². The Morgan fingerprint density at radius 2 is 1.69 bits per heavy atom. The predicted molar refractivity (Wildman–Crippen MR) is 153 cm³/mol. The first-order valence-corrected chi connectivity index (χ1v) is 16.0. The first-order chi connectivity index (χ1) is 18.7. The van der Waals surface area contributed by atoms with Gasteiger partial charge in [0.2, 0.25) is 15.9 Å². The maximum Gasteiger partial charge on any atom is 0.257 e. The fraction of sp³-hybridized carbons (Fsp3) is 0.536. The van der Waals surface area contributed by atoms with E-state index in [2.05, 4.69) is 5.32 Å². The number of hydrogen-bond donors (Lipinski definition) is 1. The minimum absolute atomic E-state index is 0.0186. The summed E-state index contributed by atoms with van der Waals surface area (Å²) in [5, 5.41) is 3.42. The number of likely N-dealkylation sites (tertiary alicyclic amines) is 1. The molecular formula is C28H38N4O5S2. The fourth-order valence-corrected chi connectivity index (χ4v) is 7.86. The van der Waals surface area contributed by atoms with Crippen molar-refractivity contribution in [1.82, 2.24) is 14.1 Å². The number of nitrogens with one attached hydrogen (secondary N) is 1. The molecule has 2 aliphatic heterocycles. The van der Waals surface area contributed by atoms with Gasteiger partial charge in [-0.2, -0.15) is 4.31 Å². The quantitative estimate of drug-likeness (QED) is 0.480. The summed E-state index contributed by atoms with van der Waals surface area (Å²) >= 11 is 1.34. The zero-order chi connectivity index (χ0) is 28.2. The van der Waals surface area contributed by atoms with Gasteiger partial charge in [0.25, 0.3) is 11.8 Å². The summed E-state index contributed by atoms with van der Waals surface area (Å²) in [5.41, 5.74) is 1.75. The standard InChI is InChI=1S/C28H38N4O5S2/c1-4-6-17-32(5-2)39(36,37)22-12-10-21(11-13-22)26(34)29-27-25(28(35)30-15-8-7-9-16-30)23-14-18-31(20(3)33)19-24(23)38-27/h10-13H,4-9,14-19H2,1-3H3,(H,29,34). The van der Waals surface area contributed by atoms with Gasteiger partial charge >= 0.3 is 0 Å². The minimum Gasteiger partial charge on any atom is -0.339 e. The third kappa shape index (κ3) is 6.36. The summed E-state index contributed by atoms with van der Waals surface area (Å²) in [6.45, 7) is 8.54. The van der Waals surface area contributed by atoms with Crippen LogP contribution in [-0.4, -0.2) is 73.0 Å². The lowest BCUT2D eigenvalue weighted by Gasteiger charge is -2.29. The van der Waals surface area contributed by atoms with Crippen LogP contribution in [0.15, 0.2) is 29.2 Å². The number of fused-ring (bicyclic) bond motifs is 1. The van der Waals surface area contributed by atoms with Crippen LogP contribution in [0.4, 0.5) is 5.00 Å². The third-order valence-corrected chi connectivity index (χ3v) is 10.6. The normalized spacial score (nSPS) is 15.8. The van der Waals surface area contributed by atoms with Gasteiger partial charge in [0, 0.05) is 50.1 Å². The maximum atomic E-state index is 13.6. The van der Waals surface area contributed by atoms with E-state index in [1.165, 1.54) is 46.8 Å². The molecule has 0 spiro atoms. The number of carbonyl (C=O) groups is 3. The molecule has 11 heteroatoms. The number of sulfonamides is 1. The largest absolute Gasteiger partial charge is 0.339 e. The number of unbranched alkanes of at least 4 members (excludes halogenated alkanes) is 1. The molecular weight excluding hydrogens is 536 g/mol. The van der Waals surface area contributed by atoms with Gasteiger partial charge in [-0.25, -0.2) is 8.42 Å². The third-order valence-electron chi connectivity index (χ3n) is 7.45. The highest BCUT2D eigenvalue weighted by molar-refractivity contribution is 7.89. The molecule has 0 aliphatic carbocycles. The number of amides is 3. The SMILES string of the molecule is CCCCN(CC)S(=O)(=O)c1ccc(C(=O)Nc2sc3c(c2C(=O)N2CCCCC2)CCN(C(C)=O)C3)cc1. The number of benzene rings is 1. The zero-order valence-electron chi connectivity index (χ0n) is 23.0. The fourth-order valence-electron chi connectivity index (χ4n) is 5.13. The van der Waals surface area contributed by atoms with Crippen LogP contribution in [-0.2, 0) is 27.8 Å². The molecule has 0 bridgehead atoms. The summed E-state index contributed by atoms with van der Waals surface area (Å²) in [4.78, 5) is 43.6. The molecule has 1 fully saturated rings. The lowest BCUT2D eigenvalue weighted by molar-refractivity contribution is -0.129. The first-order valence-electron chi connectivity index (χ1n) is 13.8. The lowest BCUT2D eigenvalue weighted by atomic mass is 10.0. The molecule has 0 atom stereocenters. The van der Waals surface area contributed by atoms with Crippen LogP contribution in [0.1, 0.15) is 84.0 Å². The highest BCUT2D eigenvalue weighted by Crippen LogP contribution is 2.38. The van der Waals surface area contributed by atoms with Crippen molar-refractivity contribution in [3.63, 3.8) is 0 Å². The van der Waals surface area contributed by atoms with E-state index in [1.807, 2.05) is 18.7 Å². The minimum atomic E-state index is -3.65. The van der Waals surface area contributed by atoms with Crippen LogP contribution in [0.5, 0.6) is 0 Å². The molecule has 3 amide bonds. The van der Waals surface area contributed by atoms with Gasteiger partial charge in [-0.3, -0.25) is 14.4 Å². The van der Waals surface area contributed by atoms with E-state index in [0.717, 1.165) is 42.5 Å². The van der Waals surface area contributed by atoms with E-state index >= 15 is 0 Å². The van der Waals surface area contributed by atoms with Gasteiger partial charge in [0.05, 0.1) is 17.0 Å². The van der Waals surface area contributed by atoms with Gasteiger partial charge < -0.3 is 15.1 Å². The molecule has 0 radical (unpaired) electrons. The topological polar surface area (TPSA) is 107 Å². The summed E-state index contributed by atoms with van der Waals surface area (Å²) < 4.78 is 27.6. The molecule has 2 aliphatic rings. The Balaban J connectivity index is 1.59. The number of thiophene rings is 1. The van der Waals surface area contributed by atoms with E-state index in [4.69, 9.17) is 0 Å². The summed E-state index contributed by atoms with van der Waals surface area (Å²) in [6.07, 6.45) is 5.26. The van der Waals surface area contributed by atoms with Gasteiger partial charge in [-0.05, 0) is 61.9 Å². The summed E-state index contributed by atoms with van der Waals surface area (Å²) in [7, 11) is -3.65. The molecule has 39 heavy (non-hydrogen) atoms. The average molecular weight is 575 g/mol. The van der Waals surface area contributed by atoms with Crippen molar-refractivity contribution in [3.05, 3.63) is 45.8 Å². The second-order valence-electron chi connectivity index (χ2n) is 10.1. The van der Waals surface area contributed by atoms with Crippen molar-refractivity contribution in [1.29, 1.82) is 0 Å². The second-order valence-corrected chi connectivity index (χ2v) is 13.1. The molecule has 3 heterocycles. The molecule has 1 aromatic carbocycles. The van der Waals surface area contributed by atoms with Crippen LogP contribution in [0.2, 0.25) is 0 Å². The van der Waals surface area contributed by atoms with Crippen molar-refractivity contribution in [2.24, 2.45) is 0 Å². The Morgan fingerprint density at radius 1 is 1.00 bits per heavy atom. The van der Waals surface area contributed by atoms with Crippen LogP contribution in [0, 0.1) is 0 Å². The van der Waals surface area contributed by atoms with E-state index in [1.54, 1.807) is 4.90 Å². The van der Waals surface area contributed by atoms with Crippen molar-refractivity contribution >= 4 is 44.1 Å². The van der Waals surface area contributed by atoms with Gasteiger partial charge in [0.15, 0.2) is 0 Å². The Hall–Kier alpha value is -2.76. The zero-order valence-corrected chi connectivity index (χ0v) is 24.6. The molecule has 1 saturated heterocycles. The predicted octanol–water partition coefficient (Wildman–Crippen LogP) is 4.34. The number of piperidine rings is 1. The molecule has 4 rings (SSSR count). The lowest BCUT2D eigenvalue weighted by Crippen LogP contribution is -2.38. The molecule has 212 valence electrons. The molecule has 2 aromatic rings. The smallest absolute Gasteiger partial charge is 0.257 e. The molecule has 9 nitrogen and oxygen atoms in total. The van der Waals surface area contributed by atoms with Crippen LogP contribution in [0.25, 0.3) is 0 Å². The van der Waals surface area contributed by atoms with Crippen LogP contribution < -0.4 is 5.32 Å². The Bertz CT molecular complexity index is 1310. The van der Waals surface area contributed by atoms with E-state index in [0.29, 0.717) is 61.8 Å². The highest BCUT2D eigenvalue weighted by atomic mass is 32.2. The van der Waals surface area contributed by atoms with Gasteiger partial charge in [-0.1, -0.05) is 20.3 Å². The van der Waals surface area contributed by atoms with Crippen molar-refractivity contribution in [2.45, 2.75) is 70.7 Å². The number of anilines is 1. The number of nitrogens with zero attached hydrogens (tertiary/aromatic N) is 3. The molecule has 0 saturated carbocycles. The number of carbonyl (C=O) groups excluding carboxylic acids is 3. The Kier molecular flexibility index (Phi) is 9.45. The first kappa shape index (κ1) is 29.2. The summed E-state index contributed by atoms with van der Waals surface area (Å²) in [6, 6.07) is 5.94. The van der Waals surface area contributed by atoms with Crippen molar-refractivity contribution in [2.75, 3.05) is 38.0 Å². The maximum absolute atomic E-state index is 13.6. The van der Waals surface area contributed by atoms with E-state index < -0.39 is 15.9 Å². The van der Waals surface area contributed by atoms with Crippen LogP contribution >= 0.6 is 11.3 Å². The Morgan fingerprint density at radius 3 is 2.31 bits per heavy atom.